The molecule has 6 heteroatoms. The molecule has 4 rings (SSSR count). The van der Waals surface area contributed by atoms with E-state index in [9.17, 15) is 9.59 Å². The molecule has 2 aliphatic rings. The molecule has 0 saturated carbocycles. The Morgan fingerprint density at radius 3 is 2.39 bits per heavy atom. The van der Waals surface area contributed by atoms with Crippen molar-refractivity contribution >= 4 is 29.1 Å². The number of carbonyl (C=O) groups excluding carboxylic acids is 2. The summed E-state index contributed by atoms with van der Waals surface area (Å²) in [6.07, 6.45) is 0.901. The van der Waals surface area contributed by atoms with Gasteiger partial charge < -0.3 is 9.47 Å². The predicted octanol–water partition coefficient (Wildman–Crippen LogP) is 5.10. The Morgan fingerprint density at radius 1 is 1.03 bits per heavy atom. The molecule has 1 aliphatic carbocycles. The smallest absolute Gasteiger partial charge is 0.315 e. The summed E-state index contributed by atoms with van der Waals surface area (Å²) in [6.45, 7) is 1.82. The van der Waals surface area contributed by atoms with Gasteiger partial charge in [-0.05, 0) is 37.0 Å². The Bertz CT molecular complexity index is 1100. The maximum absolute atomic E-state index is 13.5. The summed E-state index contributed by atoms with van der Waals surface area (Å²) in [5, 5.41) is 0.648. The number of esters is 1. The largest absolute Gasteiger partial charge is 0.496 e. The minimum absolute atomic E-state index is 0.0211. The summed E-state index contributed by atoms with van der Waals surface area (Å²) in [7, 11) is 2.94. The molecule has 0 radical (unpaired) electrons. The minimum atomic E-state index is -0.680. The molecule has 31 heavy (non-hydrogen) atoms. The summed E-state index contributed by atoms with van der Waals surface area (Å²) in [6, 6.07) is 15.1. The normalized spacial score (nSPS) is 23.2. The van der Waals surface area contributed by atoms with Crippen LogP contribution in [0.15, 0.2) is 64.8 Å². The summed E-state index contributed by atoms with van der Waals surface area (Å²) in [5.74, 6) is -1.04. The van der Waals surface area contributed by atoms with Crippen LogP contribution in [-0.2, 0) is 14.3 Å². The number of benzene rings is 2. The van der Waals surface area contributed by atoms with Gasteiger partial charge in [0.15, 0.2) is 5.78 Å². The van der Waals surface area contributed by atoms with Gasteiger partial charge in [-0.1, -0.05) is 48.0 Å². The second-order valence-electron chi connectivity index (χ2n) is 7.88. The summed E-state index contributed by atoms with van der Waals surface area (Å²) >= 11 is 6.42. The SMILES string of the molecule is COC(=O)C1C(C)=NC2=C(C(=O)C[C@H](c3ccccc3Cl)C2)[C@H]1c1ccccc1OC. The number of ether oxygens (including phenoxy) is 2. The molecule has 5 nitrogen and oxygen atoms in total. The third kappa shape index (κ3) is 3.79. The highest BCUT2D eigenvalue weighted by molar-refractivity contribution is 6.31. The van der Waals surface area contributed by atoms with Crippen LogP contribution in [0.1, 0.15) is 42.7 Å². The number of allylic oxidation sites excluding steroid dienone is 2. The van der Waals surface area contributed by atoms with Gasteiger partial charge in [-0.2, -0.15) is 0 Å². The van der Waals surface area contributed by atoms with E-state index in [0.717, 1.165) is 16.8 Å². The van der Waals surface area contributed by atoms with Crippen LogP contribution >= 0.6 is 11.6 Å². The summed E-state index contributed by atoms with van der Waals surface area (Å²) < 4.78 is 10.7. The van der Waals surface area contributed by atoms with E-state index in [-0.39, 0.29) is 11.7 Å². The molecule has 2 aromatic rings. The van der Waals surface area contributed by atoms with E-state index in [2.05, 4.69) is 0 Å². The Morgan fingerprint density at radius 2 is 1.71 bits per heavy atom. The highest BCUT2D eigenvalue weighted by atomic mass is 35.5. The fraction of sp³-hybridized carbons (Fsp3) is 0.320. The highest BCUT2D eigenvalue weighted by Crippen LogP contribution is 2.49. The van der Waals surface area contributed by atoms with Crippen molar-refractivity contribution in [2.45, 2.75) is 31.6 Å². The van der Waals surface area contributed by atoms with Crippen molar-refractivity contribution in [3.05, 3.63) is 76.0 Å². The topological polar surface area (TPSA) is 65.0 Å². The van der Waals surface area contributed by atoms with Gasteiger partial charge in [0.05, 0.1) is 14.2 Å². The van der Waals surface area contributed by atoms with E-state index in [0.29, 0.717) is 34.9 Å². The van der Waals surface area contributed by atoms with E-state index >= 15 is 0 Å². The van der Waals surface area contributed by atoms with Crippen molar-refractivity contribution in [2.75, 3.05) is 14.2 Å². The molecule has 160 valence electrons. The zero-order chi connectivity index (χ0) is 22.1. The maximum atomic E-state index is 13.5. The number of hydrogen-bond donors (Lipinski definition) is 0. The van der Waals surface area contributed by atoms with Gasteiger partial charge >= 0.3 is 5.97 Å². The minimum Gasteiger partial charge on any atom is -0.496 e. The van der Waals surface area contributed by atoms with E-state index < -0.39 is 17.8 Å². The number of aliphatic imine (C=N–C) groups is 1. The number of ketones is 1. The number of methoxy groups -OCH3 is 2. The first-order valence-corrected chi connectivity index (χ1v) is 10.6. The third-order valence-corrected chi connectivity index (χ3v) is 6.51. The number of rotatable bonds is 4. The summed E-state index contributed by atoms with van der Waals surface area (Å²) in [4.78, 5) is 31.0. The Hall–Kier alpha value is -2.92. The zero-order valence-electron chi connectivity index (χ0n) is 17.7. The number of Topliss-reactive ketones (excluding diaryl/α,β-unsaturated/α-hetero) is 1. The van der Waals surface area contributed by atoms with Crippen LogP contribution in [0, 0.1) is 5.92 Å². The van der Waals surface area contributed by atoms with Crippen molar-refractivity contribution in [1.29, 1.82) is 0 Å². The van der Waals surface area contributed by atoms with E-state index in [1.165, 1.54) is 7.11 Å². The molecule has 3 atom stereocenters. The standard InChI is InChI=1S/C25H24ClNO4/c1-14-22(25(29)31-3)23(17-9-5-7-11-21(17)30-2)24-19(27-14)12-15(13-20(24)28)16-8-4-6-10-18(16)26/h4-11,15,22-23H,12-13H2,1-3H3/t15-,22?,23+/m1/s1. The average molecular weight is 438 g/mol. The Kier molecular flexibility index (Phi) is 5.96. The van der Waals surface area contributed by atoms with Gasteiger partial charge in [0, 0.05) is 39.9 Å². The zero-order valence-corrected chi connectivity index (χ0v) is 18.5. The van der Waals surface area contributed by atoms with E-state index in [1.807, 2.05) is 55.5 Å². The number of carbonyl (C=O) groups is 2. The van der Waals surface area contributed by atoms with Crippen LogP contribution in [0.4, 0.5) is 0 Å². The molecular formula is C25H24ClNO4. The first kappa shape index (κ1) is 21.3. The molecular weight excluding hydrogens is 414 g/mol. The monoisotopic (exact) mass is 437 g/mol. The van der Waals surface area contributed by atoms with E-state index in [1.54, 1.807) is 7.11 Å². The molecule has 1 aliphatic heterocycles. The van der Waals surface area contributed by atoms with Gasteiger partial charge in [-0.25, -0.2) is 0 Å². The lowest BCUT2D eigenvalue weighted by Crippen LogP contribution is -2.38. The van der Waals surface area contributed by atoms with Gasteiger partial charge in [0.25, 0.3) is 0 Å². The first-order chi connectivity index (χ1) is 15.0. The van der Waals surface area contributed by atoms with Crippen molar-refractivity contribution < 1.29 is 19.1 Å². The molecule has 0 N–H and O–H groups in total. The van der Waals surface area contributed by atoms with Crippen LogP contribution in [0.2, 0.25) is 5.02 Å². The first-order valence-electron chi connectivity index (χ1n) is 10.2. The molecule has 1 unspecified atom stereocenters. The molecule has 0 spiro atoms. The van der Waals surface area contributed by atoms with Gasteiger partial charge in [0.1, 0.15) is 11.7 Å². The second kappa shape index (κ2) is 8.67. The molecule has 1 heterocycles. The lowest BCUT2D eigenvalue weighted by molar-refractivity contribution is -0.143. The average Bonchev–Trinajstić information content (AvgIpc) is 2.77. The van der Waals surface area contributed by atoms with Crippen LogP contribution in [0.3, 0.4) is 0 Å². The lowest BCUT2D eigenvalue weighted by atomic mass is 9.69. The van der Waals surface area contributed by atoms with Crippen LogP contribution in [0.25, 0.3) is 0 Å². The number of para-hydroxylation sites is 1. The summed E-state index contributed by atoms with van der Waals surface area (Å²) in [5.41, 5.74) is 3.66. The van der Waals surface area contributed by atoms with Crippen molar-refractivity contribution in [2.24, 2.45) is 10.9 Å². The fourth-order valence-electron chi connectivity index (χ4n) is 4.78. The van der Waals surface area contributed by atoms with Crippen LogP contribution in [0.5, 0.6) is 5.75 Å². The number of nitrogens with zero attached hydrogens (tertiary/aromatic N) is 1. The highest BCUT2D eigenvalue weighted by Gasteiger charge is 2.45. The Balaban J connectivity index is 1.86. The molecule has 0 amide bonds. The van der Waals surface area contributed by atoms with Gasteiger partial charge in [-0.3, -0.25) is 14.6 Å². The number of hydrogen-bond acceptors (Lipinski definition) is 5. The van der Waals surface area contributed by atoms with Crippen molar-refractivity contribution in [1.82, 2.24) is 0 Å². The predicted molar refractivity (Wildman–Crippen MR) is 120 cm³/mol. The second-order valence-corrected chi connectivity index (χ2v) is 8.29. The molecule has 0 fully saturated rings. The lowest BCUT2D eigenvalue weighted by Gasteiger charge is -2.36. The molecule has 2 aromatic carbocycles. The quantitative estimate of drug-likeness (QED) is 0.624. The maximum Gasteiger partial charge on any atom is 0.315 e. The third-order valence-electron chi connectivity index (χ3n) is 6.16. The number of halogens is 1. The van der Waals surface area contributed by atoms with Gasteiger partial charge in [-0.15, -0.1) is 0 Å². The van der Waals surface area contributed by atoms with Crippen LogP contribution < -0.4 is 4.74 Å². The van der Waals surface area contributed by atoms with Crippen molar-refractivity contribution in [3.8, 4) is 5.75 Å². The van der Waals surface area contributed by atoms with Crippen LogP contribution in [-0.4, -0.2) is 31.7 Å². The van der Waals surface area contributed by atoms with Crippen molar-refractivity contribution in [3.63, 3.8) is 0 Å². The molecule has 0 bridgehead atoms. The van der Waals surface area contributed by atoms with E-state index in [4.69, 9.17) is 26.1 Å². The fourth-order valence-corrected chi connectivity index (χ4v) is 5.07. The van der Waals surface area contributed by atoms with Gasteiger partial charge in [0.2, 0.25) is 0 Å². The molecule has 0 saturated heterocycles. The Labute approximate surface area is 186 Å². The molecule has 0 aromatic heterocycles.